The maximum absolute atomic E-state index is 12.3. The van der Waals surface area contributed by atoms with E-state index in [1.807, 2.05) is 55.5 Å². The van der Waals surface area contributed by atoms with Crippen molar-refractivity contribution in [1.82, 2.24) is 19.8 Å². The molecule has 0 fully saturated rings. The Labute approximate surface area is 167 Å². The summed E-state index contributed by atoms with van der Waals surface area (Å²) in [4.78, 5) is 12.3. The molecule has 4 rings (SSSR count). The van der Waals surface area contributed by atoms with Crippen molar-refractivity contribution in [3.63, 3.8) is 0 Å². The molecule has 0 aliphatic carbocycles. The summed E-state index contributed by atoms with van der Waals surface area (Å²) >= 11 is 0. The lowest BCUT2D eigenvalue weighted by Gasteiger charge is -2.12. The van der Waals surface area contributed by atoms with E-state index in [2.05, 4.69) is 20.6 Å². The van der Waals surface area contributed by atoms with Crippen molar-refractivity contribution in [1.29, 1.82) is 0 Å². The molecular weight excluding hydrogens is 370 g/mol. The Balaban J connectivity index is 1.43. The number of benzene rings is 2. The van der Waals surface area contributed by atoms with E-state index in [1.165, 1.54) is 0 Å². The number of nitrogens with one attached hydrogen (secondary N) is 1. The normalized spacial score (nSPS) is 10.7. The summed E-state index contributed by atoms with van der Waals surface area (Å²) in [7, 11) is 0. The summed E-state index contributed by atoms with van der Waals surface area (Å²) < 4.78 is 12.7. The number of hydrogen-bond acceptors (Lipinski definition) is 6. The number of rotatable bonds is 7. The average Bonchev–Trinajstić information content (AvgIpc) is 3.21. The van der Waals surface area contributed by atoms with Crippen molar-refractivity contribution in [2.75, 3.05) is 18.5 Å². The molecule has 8 heteroatoms. The first-order chi connectivity index (χ1) is 14.2. The fourth-order valence-corrected chi connectivity index (χ4v) is 2.82. The average molecular weight is 389 g/mol. The van der Waals surface area contributed by atoms with Crippen molar-refractivity contribution in [3.8, 4) is 22.8 Å². The molecule has 1 N–H and O–H groups in total. The van der Waals surface area contributed by atoms with Crippen molar-refractivity contribution in [2.24, 2.45) is 0 Å². The van der Waals surface area contributed by atoms with E-state index in [0.29, 0.717) is 29.4 Å². The number of aromatic nitrogens is 4. The molecule has 2 aromatic carbocycles. The molecule has 0 saturated heterocycles. The summed E-state index contributed by atoms with van der Waals surface area (Å²) in [5, 5.41) is 15.1. The lowest BCUT2D eigenvalue weighted by Crippen LogP contribution is -2.20. The third-order valence-electron chi connectivity index (χ3n) is 4.11. The maximum Gasteiger partial charge on any atom is 0.262 e. The molecule has 0 radical (unpaired) electrons. The van der Waals surface area contributed by atoms with Gasteiger partial charge in [0.05, 0.1) is 12.3 Å². The highest BCUT2D eigenvalue weighted by Gasteiger charge is 2.09. The van der Waals surface area contributed by atoms with Crippen LogP contribution in [0.3, 0.4) is 0 Å². The predicted octanol–water partition coefficient (Wildman–Crippen LogP) is 3.21. The molecule has 0 bridgehead atoms. The number of nitrogens with zero attached hydrogens (tertiary/aromatic N) is 4. The van der Waals surface area contributed by atoms with Gasteiger partial charge >= 0.3 is 0 Å². The number of carbonyl (C=O) groups is 1. The van der Waals surface area contributed by atoms with Gasteiger partial charge in [-0.2, -0.15) is 9.61 Å². The van der Waals surface area contributed by atoms with Crippen molar-refractivity contribution in [2.45, 2.75) is 6.92 Å². The number of amides is 1. The largest absolute Gasteiger partial charge is 0.490 e. The monoisotopic (exact) mass is 389 g/mol. The Morgan fingerprint density at radius 1 is 1.03 bits per heavy atom. The lowest BCUT2D eigenvalue weighted by atomic mass is 10.1. The molecule has 8 nitrogen and oxygen atoms in total. The van der Waals surface area contributed by atoms with E-state index < -0.39 is 0 Å². The molecule has 0 atom stereocenters. The molecule has 146 valence electrons. The Hall–Kier alpha value is -3.94. The van der Waals surface area contributed by atoms with Crippen LogP contribution in [0.5, 0.6) is 11.5 Å². The molecule has 0 spiro atoms. The van der Waals surface area contributed by atoms with Crippen LogP contribution in [-0.2, 0) is 4.79 Å². The van der Waals surface area contributed by atoms with Gasteiger partial charge in [-0.1, -0.05) is 24.3 Å². The number of ether oxygens (including phenoxy) is 2. The number of anilines is 1. The van der Waals surface area contributed by atoms with E-state index in [9.17, 15) is 4.79 Å². The van der Waals surface area contributed by atoms with Gasteiger partial charge in [0, 0.05) is 11.3 Å². The lowest BCUT2D eigenvalue weighted by molar-refractivity contribution is -0.118. The molecule has 0 aliphatic heterocycles. The van der Waals surface area contributed by atoms with Gasteiger partial charge in [-0.05, 0) is 43.3 Å². The van der Waals surface area contributed by atoms with E-state index in [4.69, 9.17) is 9.47 Å². The van der Waals surface area contributed by atoms with E-state index in [1.54, 1.807) is 23.0 Å². The molecule has 0 aliphatic rings. The Morgan fingerprint density at radius 2 is 1.86 bits per heavy atom. The van der Waals surface area contributed by atoms with Crippen LogP contribution in [0, 0.1) is 0 Å². The van der Waals surface area contributed by atoms with Crippen molar-refractivity contribution in [3.05, 3.63) is 67.0 Å². The van der Waals surface area contributed by atoms with E-state index >= 15 is 0 Å². The van der Waals surface area contributed by atoms with Crippen LogP contribution < -0.4 is 14.8 Å². The molecule has 0 unspecified atom stereocenters. The summed E-state index contributed by atoms with van der Waals surface area (Å²) in [5.41, 5.74) is 2.93. The zero-order valence-electron chi connectivity index (χ0n) is 15.8. The van der Waals surface area contributed by atoms with E-state index in [0.717, 1.165) is 11.3 Å². The molecule has 29 heavy (non-hydrogen) atoms. The first kappa shape index (κ1) is 18.4. The second-order valence-corrected chi connectivity index (χ2v) is 6.15. The van der Waals surface area contributed by atoms with Crippen molar-refractivity contribution >= 4 is 17.2 Å². The maximum atomic E-state index is 12.3. The van der Waals surface area contributed by atoms with Gasteiger partial charge in [-0.15, -0.1) is 10.2 Å². The zero-order valence-corrected chi connectivity index (χ0v) is 15.8. The smallest absolute Gasteiger partial charge is 0.262 e. The Bertz CT molecular complexity index is 1140. The second-order valence-electron chi connectivity index (χ2n) is 6.15. The van der Waals surface area contributed by atoms with Gasteiger partial charge in [0.2, 0.25) is 0 Å². The standard InChI is InChI=1S/C21H19N5O3/c1-2-28-18-8-3-4-9-19(18)29-13-21(27)23-16-7-5-6-15(12-16)17-10-11-20-24-22-14-26(20)25-17/h3-12,14H,2,13H2,1H3,(H,23,27). The zero-order chi connectivity index (χ0) is 20.1. The summed E-state index contributed by atoms with van der Waals surface area (Å²) in [5.74, 6) is 0.876. The molecular formula is C21H19N5O3. The van der Waals surface area contributed by atoms with Crippen LogP contribution in [-0.4, -0.2) is 38.9 Å². The van der Waals surface area contributed by atoms with Crippen molar-refractivity contribution < 1.29 is 14.3 Å². The quantitative estimate of drug-likeness (QED) is 0.522. The van der Waals surface area contributed by atoms with Crippen LogP contribution in [0.2, 0.25) is 0 Å². The van der Waals surface area contributed by atoms with Gasteiger partial charge < -0.3 is 14.8 Å². The Morgan fingerprint density at radius 3 is 2.69 bits per heavy atom. The minimum absolute atomic E-state index is 0.126. The van der Waals surface area contributed by atoms with Gasteiger partial charge in [-0.3, -0.25) is 4.79 Å². The van der Waals surface area contributed by atoms with Gasteiger partial charge in [-0.25, -0.2) is 0 Å². The fourth-order valence-electron chi connectivity index (χ4n) is 2.82. The highest BCUT2D eigenvalue weighted by atomic mass is 16.5. The first-order valence-corrected chi connectivity index (χ1v) is 9.15. The van der Waals surface area contributed by atoms with Crippen LogP contribution in [0.25, 0.3) is 16.9 Å². The number of para-hydroxylation sites is 2. The Kier molecular flexibility index (Phi) is 5.33. The summed E-state index contributed by atoms with van der Waals surface area (Å²) in [6, 6.07) is 18.4. The predicted molar refractivity (Wildman–Crippen MR) is 108 cm³/mol. The second kappa shape index (κ2) is 8.39. The highest BCUT2D eigenvalue weighted by Crippen LogP contribution is 2.26. The first-order valence-electron chi connectivity index (χ1n) is 9.15. The van der Waals surface area contributed by atoms with Gasteiger partial charge in [0.15, 0.2) is 23.8 Å². The van der Waals surface area contributed by atoms with Crippen LogP contribution in [0.15, 0.2) is 67.0 Å². The van der Waals surface area contributed by atoms with Crippen LogP contribution >= 0.6 is 0 Å². The third kappa shape index (κ3) is 4.32. The minimum Gasteiger partial charge on any atom is -0.490 e. The topological polar surface area (TPSA) is 90.6 Å². The third-order valence-corrected chi connectivity index (χ3v) is 4.11. The van der Waals surface area contributed by atoms with Crippen LogP contribution in [0.4, 0.5) is 5.69 Å². The van der Waals surface area contributed by atoms with Crippen LogP contribution in [0.1, 0.15) is 6.92 Å². The van der Waals surface area contributed by atoms with E-state index in [-0.39, 0.29) is 12.5 Å². The summed E-state index contributed by atoms with van der Waals surface area (Å²) in [6.07, 6.45) is 1.54. The fraction of sp³-hybridized carbons (Fsp3) is 0.143. The van der Waals surface area contributed by atoms with Gasteiger partial charge in [0.1, 0.15) is 6.33 Å². The minimum atomic E-state index is -0.268. The molecule has 2 heterocycles. The molecule has 1 amide bonds. The molecule has 2 aromatic heterocycles. The SMILES string of the molecule is CCOc1ccccc1OCC(=O)Nc1cccc(-c2ccc3nncn3n2)c1. The molecule has 0 saturated carbocycles. The molecule has 4 aromatic rings. The number of carbonyl (C=O) groups excluding carboxylic acids is 1. The summed E-state index contributed by atoms with van der Waals surface area (Å²) in [6.45, 7) is 2.29. The number of fused-ring (bicyclic) bond motifs is 1. The van der Waals surface area contributed by atoms with Gasteiger partial charge in [0.25, 0.3) is 5.91 Å². The number of hydrogen-bond donors (Lipinski definition) is 1. The highest BCUT2D eigenvalue weighted by molar-refractivity contribution is 5.92.